The lowest BCUT2D eigenvalue weighted by atomic mass is 9.93. The molecule has 0 unspecified atom stereocenters. The number of amides is 1. The van der Waals surface area contributed by atoms with E-state index in [2.05, 4.69) is 4.99 Å². The zero-order valence-corrected chi connectivity index (χ0v) is 18.7. The molecule has 0 bridgehead atoms. The number of aliphatic imine (C=N–C) groups is 1. The molecule has 1 amide bonds. The topological polar surface area (TPSA) is 62.2 Å². The predicted molar refractivity (Wildman–Crippen MR) is 118 cm³/mol. The number of carbonyl (C=O) groups excluding carboxylic acids is 2. The number of amidine groups is 1. The van der Waals surface area contributed by atoms with E-state index in [4.69, 9.17) is 4.74 Å². The average molecular weight is 444 g/mol. The maximum absolute atomic E-state index is 15.0. The summed E-state index contributed by atoms with van der Waals surface area (Å²) in [5, 5.41) is 2.51. The Hall–Kier alpha value is -2.61. The van der Waals surface area contributed by atoms with Gasteiger partial charge in [0.25, 0.3) is 0 Å². The number of thioether (sulfide) groups is 1. The van der Waals surface area contributed by atoms with Gasteiger partial charge in [-0.2, -0.15) is 0 Å². The van der Waals surface area contributed by atoms with Crippen molar-refractivity contribution in [1.82, 2.24) is 9.80 Å². The smallest absolute Gasteiger partial charge is 0.338 e. The van der Waals surface area contributed by atoms with Crippen LogP contribution in [0.2, 0.25) is 0 Å². The van der Waals surface area contributed by atoms with E-state index < -0.39 is 17.8 Å². The number of halogens is 1. The number of carbonyl (C=O) groups is 2. The van der Waals surface area contributed by atoms with Crippen LogP contribution in [0.25, 0.3) is 0 Å². The molecule has 0 aromatic heterocycles. The van der Waals surface area contributed by atoms with E-state index in [1.54, 1.807) is 39.0 Å². The summed E-state index contributed by atoms with van der Waals surface area (Å²) in [6.45, 7) is 6.82. The molecule has 0 spiro atoms. The molecule has 3 heterocycles. The van der Waals surface area contributed by atoms with E-state index in [1.165, 1.54) is 17.8 Å². The van der Waals surface area contributed by atoms with Crippen LogP contribution in [0.5, 0.6) is 0 Å². The van der Waals surface area contributed by atoms with E-state index in [0.29, 0.717) is 22.0 Å². The molecule has 4 rings (SSSR count). The SMILES string of the molecule is CC1=C(C(=O)OC(C)C)[C@H](c2ccccc2F)N2C(CC(=O)N3CCCC3)=CSC2=N1. The molecule has 0 radical (unpaired) electrons. The molecule has 1 aromatic carbocycles. The van der Waals surface area contributed by atoms with E-state index in [-0.39, 0.29) is 18.4 Å². The second kappa shape index (κ2) is 8.86. The van der Waals surface area contributed by atoms with Crippen LogP contribution in [-0.2, 0) is 14.3 Å². The number of ether oxygens (including phenoxy) is 1. The van der Waals surface area contributed by atoms with Crippen molar-refractivity contribution in [2.45, 2.75) is 52.2 Å². The number of allylic oxidation sites excluding steroid dienone is 1. The fourth-order valence-electron chi connectivity index (χ4n) is 4.13. The van der Waals surface area contributed by atoms with Gasteiger partial charge in [-0.15, -0.1) is 0 Å². The van der Waals surface area contributed by atoms with Crippen molar-refractivity contribution in [3.63, 3.8) is 0 Å². The van der Waals surface area contributed by atoms with Crippen molar-refractivity contribution in [2.24, 2.45) is 4.99 Å². The summed E-state index contributed by atoms with van der Waals surface area (Å²) in [5.41, 5.74) is 1.87. The summed E-state index contributed by atoms with van der Waals surface area (Å²) in [6, 6.07) is 5.66. The zero-order valence-electron chi connectivity index (χ0n) is 17.9. The minimum atomic E-state index is -0.743. The lowest BCUT2D eigenvalue weighted by molar-refractivity contribution is -0.143. The monoisotopic (exact) mass is 443 g/mol. The van der Waals surface area contributed by atoms with Gasteiger partial charge in [-0.25, -0.2) is 14.2 Å². The third-order valence-electron chi connectivity index (χ3n) is 5.55. The molecule has 1 saturated heterocycles. The fourth-order valence-corrected chi connectivity index (χ4v) is 5.10. The molecule has 31 heavy (non-hydrogen) atoms. The summed E-state index contributed by atoms with van der Waals surface area (Å²) in [7, 11) is 0. The normalized spacial score (nSPS) is 20.7. The van der Waals surface area contributed by atoms with Crippen LogP contribution >= 0.6 is 11.8 Å². The number of nitrogens with zero attached hydrogens (tertiary/aromatic N) is 3. The van der Waals surface area contributed by atoms with Gasteiger partial charge in [0.2, 0.25) is 5.91 Å². The summed E-state index contributed by atoms with van der Waals surface area (Å²) in [5.74, 6) is -0.903. The fraction of sp³-hybridized carbons (Fsp3) is 0.435. The molecule has 164 valence electrons. The quantitative estimate of drug-likeness (QED) is 0.633. The van der Waals surface area contributed by atoms with Crippen LogP contribution in [0, 0.1) is 5.82 Å². The van der Waals surface area contributed by atoms with E-state index in [1.807, 2.05) is 15.2 Å². The third-order valence-corrected chi connectivity index (χ3v) is 6.44. The van der Waals surface area contributed by atoms with Crippen molar-refractivity contribution in [3.8, 4) is 0 Å². The van der Waals surface area contributed by atoms with E-state index >= 15 is 0 Å². The minimum absolute atomic E-state index is 0.0375. The molecule has 1 aromatic rings. The first-order valence-electron chi connectivity index (χ1n) is 10.5. The van der Waals surface area contributed by atoms with Gasteiger partial charge in [-0.05, 0) is 45.1 Å². The number of fused-ring (bicyclic) bond motifs is 1. The van der Waals surface area contributed by atoms with Gasteiger partial charge in [-0.3, -0.25) is 4.79 Å². The Morgan fingerprint density at radius 2 is 1.97 bits per heavy atom. The van der Waals surface area contributed by atoms with Crippen molar-refractivity contribution < 1.29 is 18.7 Å². The highest BCUT2D eigenvalue weighted by Gasteiger charge is 2.42. The van der Waals surface area contributed by atoms with Crippen LogP contribution < -0.4 is 0 Å². The molecule has 3 aliphatic heterocycles. The number of rotatable bonds is 5. The number of esters is 1. The lowest BCUT2D eigenvalue weighted by Gasteiger charge is -2.36. The number of benzene rings is 1. The van der Waals surface area contributed by atoms with Gasteiger partial charge in [0, 0.05) is 24.4 Å². The molecule has 0 aliphatic carbocycles. The summed E-state index contributed by atoms with van der Waals surface area (Å²) in [4.78, 5) is 34.2. The molecule has 0 saturated carbocycles. The average Bonchev–Trinajstić information content (AvgIpc) is 3.37. The standard InChI is InChI=1S/C23H26FN3O3S/c1-14(2)30-22(29)20-15(3)25-23-27(21(20)17-8-4-5-9-18(17)24)16(13-31-23)12-19(28)26-10-6-7-11-26/h4-5,8-9,13-14,21H,6-7,10-12H2,1-3H3/t21-/m0/s1. The molecular formula is C23H26FN3O3S. The molecule has 0 N–H and O–H groups in total. The van der Waals surface area contributed by atoms with Gasteiger partial charge >= 0.3 is 5.97 Å². The molecule has 1 atom stereocenters. The van der Waals surface area contributed by atoms with E-state index in [9.17, 15) is 14.0 Å². The molecular weight excluding hydrogens is 417 g/mol. The molecule has 1 fully saturated rings. The van der Waals surface area contributed by atoms with Crippen molar-refractivity contribution in [3.05, 3.63) is 58.0 Å². The third kappa shape index (κ3) is 4.26. The van der Waals surface area contributed by atoms with Gasteiger partial charge in [0.1, 0.15) is 5.82 Å². The van der Waals surface area contributed by atoms with Gasteiger partial charge < -0.3 is 14.5 Å². The highest BCUT2D eigenvalue weighted by atomic mass is 32.2. The van der Waals surface area contributed by atoms with Gasteiger partial charge in [0.05, 0.1) is 29.8 Å². The number of hydrogen-bond acceptors (Lipinski definition) is 6. The second-order valence-electron chi connectivity index (χ2n) is 8.13. The van der Waals surface area contributed by atoms with Gasteiger partial charge in [-0.1, -0.05) is 30.0 Å². The van der Waals surface area contributed by atoms with Crippen molar-refractivity contribution >= 4 is 28.8 Å². The second-order valence-corrected chi connectivity index (χ2v) is 8.97. The van der Waals surface area contributed by atoms with Crippen LogP contribution in [0.3, 0.4) is 0 Å². The first-order chi connectivity index (χ1) is 14.9. The van der Waals surface area contributed by atoms with Gasteiger partial charge in [0.15, 0.2) is 5.17 Å². The maximum Gasteiger partial charge on any atom is 0.338 e. The largest absolute Gasteiger partial charge is 0.459 e. The first kappa shape index (κ1) is 21.6. The number of hydrogen-bond donors (Lipinski definition) is 0. The Balaban J connectivity index is 1.73. The number of likely N-dealkylation sites (tertiary alicyclic amines) is 1. The Kier molecular flexibility index (Phi) is 6.18. The summed E-state index contributed by atoms with van der Waals surface area (Å²) >= 11 is 1.39. The van der Waals surface area contributed by atoms with Crippen LogP contribution in [0.4, 0.5) is 4.39 Å². The zero-order chi connectivity index (χ0) is 22.1. The highest BCUT2D eigenvalue weighted by Crippen LogP contribution is 2.45. The molecule has 6 nitrogen and oxygen atoms in total. The molecule has 3 aliphatic rings. The Morgan fingerprint density at radius 3 is 2.65 bits per heavy atom. The van der Waals surface area contributed by atoms with Crippen molar-refractivity contribution in [2.75, 3.05) is 13.1 Å². The van der Waals surface area contributed by atoms with Crippen LogP contribution in [0.15, 0.2) is 51.6 Å². The van der Waals surface area contributed by atoms with Crippen LogP contribution in [-0.4, -0.2) is 46.0 Å². The highest BCUT2D eigenvalue weighted by molar-refractivity contribution is 8.16. The Morgan fingerprint density at radius 1 is 1.26 bits per heavy atom. The summed E-state index contributed by atoms with van der Waals surface area (Å²) < 4.78 is 20.4. The maximum atomic E-state index is 15.0. The van der Waals surface area contributed by atoms with E-state index in [0.717, 1.165) is 31.6 Å². The minimum Gasteiger partial charge on any atom is -0.459 e. The molecule has 8 heteroatoms. The Labute approximate surface area is 185 Å². The predicted octanol–water partition coefficient (Wildman–Crippen LogP) is 4.36. The lowest BCUT2D eigenvalue weighted by Crippen LogP contribution is -2.39. The summed E-state index contributed by atoms with van der Waals surface area (Å²) in [6.07, 6.45) is 1.89. The van der Waals surface area contributed by atoms with Crippen LogP contribution in [0.1, 0.15) is 51.6 Å². The first-order valence-corrected chi connectivity index (χ1v) is 11.4. The van der Waals surface area contributed by atoms with Crippen molar-refractivity contribution in [1.29, 1.82) is 0 Å². The Bertz CT molecular complexity index is 996.